The van der Waals surface area contributed by atoms with Crippen molar-refractivity contribution in [3.63, 3.8) is 0 Å². The van der Waals surface area contributed by atoms with Crippen LogP contribution >= 0.6 is 0 Å². The number of benzene rings is 2. The number of aromatic nitrogens is 2. The maximum absolute atomic E-state index is 12.9. The normalized spacial score (nSPS) is 12.0. The first-order chi connectivity index (χ1) is 14.5. The number of nitrogens with one attached hydrogen (secondary N) is 1. The van der Waals surface area contributed by atoms with Gasteiger partial charge in [-0.2, -0.15) is 0 Å². The summed E-state index contributed by atoms with van der Waals surface area (Å²) in [5.74, 6) is 0.554. The Kier molecular flexibility index (Phi) is 5.53. The summed E-state index contributed by atoms with van der Waals surface area (Å²) in [6.07, 6.45) is 4.17. The highest BCUT2D eigenvalue weighted by atomic mass is 16.5. The number of amides is 1. The minimum atomic E-state index is -0.164. The molecule has 0 saturated carbocycles. The van der Waals surface area contributed by atoms with Crippen molar-refractivity contribution >= 4 is 17.2 Å². The van der Waals surface area contributed by atoms with Gasteiger partial charge in [-0.15, -0.1) is 0 Å². The van der Waals surface area contributed by atoms with Crippen LogP contribution in [-0.4, -0.2) is 22.4 Å². The maximum Gasteiger partial charge on any atom is 0.225 e. The number of hydrogen-bond donors (Lipinski definition) is 1. The van der Waals surface area contributed by atoms with Crippen molar-refractivity contribution in [2.75, 3.05) is 12.4 Å². The second kappa shape index (κ2) is 8.41. The first-order valence-electron chi connectivity index (χ1n) is 9.97. The summed E-state index contributed by atoms with van der Waals surface area (Å²) in [4.78, 5) is 17.5. The number of rotatable bonds is 6. The molecule has 1 amide bonds. The van der Waals surface area contributed by atoms with E-state index in [1.165, 1.54) is 0 Å². The molecule has 0 aliphatic carbocycles. The first kappa shape index (κ1) is 19.7. The number of carbonyl (C=O) groups is 1. The molecule has 0 saturated heterocycles. The van der Waals surface area contributed by atoms with Crippen LogP contribution < -0.4 is 10.1 Å². The number of imidazole rings is 1. The molecule has 1 N–H and O–H groups in total. The molecule has 1 atom stereocenters. The molecule has 0 aliphatic heterocycles. The van der Waals surface area contributed by atoms with E-state index in [0.29, 0.717) is 6.42 Å². The van der Waals surface area contributed by atoms with E-state index >= 15 is 0 Å². The molecule has 0 radical (unpaired) electrons. The molecule has 5 heteroatoms. The topological polar surface area (TPSA) is 55.6 Å². The van der Waals surface area contributed by atoms with Gasteiger partial charge in [0, 0.05) is 30.4 Å². The predicted molar refractivity (Wildman–Crippen MR) is 119 cm³/mol. The predicted octanol–water partition coefficient (Wildman–Crippen LogP) is 5.12. The van der Waals surface area contributed by atoms with Crippen LogP contribution in [0.3, 0.4) is 0 Å². The van der Waals surface area contributed by atoms with Crippen LogP contribution in [-0.2, 0) is 4.79 Å². The van der Waals surface area contributed by atoms with Gasteiger partial charge in [0.25, 0.3) is 0 Å². The molecule has 4 aromatic rings. The Balaban J connectivity index is 1.69. The molecule has 1 unspecified atom stereocenters. The van der Waals surface area contributed by atoms with Gasteiger partial charge < -0.3 is 14.5 Å². The number of pyridine rings is 1. The summed E-state index contributed by atoms with van der Waals surface area (Å²) >= 11 is 0. The third kappa shape index (κ3) is 4.20. The Labute approximate surface area is 176 Å². The molecule has 2 aromatic carbocycles. The maximum atomic E-state index is 12.9. The molecule has 0 fully saturated rings. The number of methoxy groups -OCH3 is 1. The van der Waals surface area contributed by atoms with Gasteiger partial charge in [-0.05, 0) is 61.4 Å². The third-order valence-electron chi connectivity index (χ3n) is 5.28. The summed E-state index contributed by atoms with van der Waals surface area (Å²) in [6, 6.07) is 19.8. The van der Waals surface area contributed by atoms with Crippen molar-refractivity contribution < 1.29 is 9.53 Å². The molecule has 0 spiro atoms. The highest BCUT2D eigenvalue weighted by Gasteiger charge is 2.22. The van der Waals surface area contributed by atoms with Crippen LogP contribution in [0, 0.1) is 13.8 Å². The SMILES string of the molecule is COc1cccc(C(CC(=O)Nc2ccc(C)cc2)c2cnc3cc(C)ccn23)c1. The van der Waals surface area contributed by atoms with E-state index in [1.54, 1.807) is 7.11 Å². The van der Waals surface area contributed by atoms with E-state index in [0.717, 1.165) is 39.5 Å². The number of carbonyl (C=O) groups excluding carboxylic acids is 1. The van der Waals surface area contributed by atoms with Gasteiger partial charge in [0.2, 0.25) is 5.91 Å². The van der Waals surface area contributed by atoms with Gasteiger partial charge in [-0.25, -0.2) is 4.98 Å². The first-order valence-corrected chi connectivity index (χ1v) is 9.97. The Morgan fingerprint density at radius 3 is 2.63 bits per heavy atom. The quantitative estimate of drug-likeness (QED) is 0.490. The number of hydrogen-bond acceptors (Lipinski definition) is 3. The minimum absolute atomic E-state index is 0.0475. The molecule has 30 heavy (non-hydrogen) atoms. The summed E-state index contributed by atoms with van der Waals surface area (Å²) in [5.41, 5.74) is 5.95. The Morgan fingerprint density at radius 2 is 1.87 bits per heavy atom. The zero-order chi connectivity index (χ0) is 21.1. The lowest BCUT2D eigenvalue weighted by atomic mass is 9.92. The summed E-state index contributed by atoms with van der Waals surface area (Å²) < 4.78 is 7.47. The van der Waals surface area contributed by atoms with E-state index in [-0.39, 0.29) is 11.8 Å². The molecular weight excluding hydrogens is 374 g/mol. The fourth-order valence-electron chi connectivity index (χ4n) is 3.65. The molecule has 152 valence electrons. The zero-order valence-corrected chi connectivity index (χ0v) is 17.4. The number of nitrogens with zero attached hydrogens (tertiary/aromatic N) is 2. The molecular formula is C25H25N3O2. The van der Waals surface area contributed by atoms with E-state index in [2.05, 4.69) is 14.7 Å². The van der Waals surface area contributed by atoms with Crippen molar-refractivity contribution in [2.24, 2.45) is 0 Å². The average Bonchev–Trinajstić information content (AvgIpc) is 3.16. The Bertz CT molecular complexity index is 1180. The summed E-state index contributed by atoms with van der Waals surface area (Å²) in [5, 5.41) is 3.02. The lowest BCUT2D eigenvalue weighted by molar-refractivity contribution is -0.116. The smallest absolute Gasteiger partial charge is 0.225 e. The number of aryl methyl sites for hydroxylation is 2. The van der Waals surface area contributed by atoms with Crippen LogP contribution in [0.15, 0.2) is 73.1 Å². The van der Waals surface area contributed by atoms with Crippen LogP contribution in [0.25, 0.3) is 5.65 Å². The van der Waals surface area contributed by atoms with E-state index < -0.39 is 0 Å². The monoisotopic (exact) mass is 399 g/mol. The highest BCUT2D eigenvalue weighted by molar-refractivity contribution is 5.91. The van der Waals surface area contributed by atoms with Crippen molar-refractivity contribution in [1.82, 2.24) is 9.38 Å². The van der Waals surface area contributed by atoms with Crippen molar-refractivity contribution in [2.45, 2.75) is 26.2 Å². The highest BCUT2D eigenvalue weighted by Crippen LogP contribution is 2.31. The standard InChI is InChI=1S/C25H25N3O2/c1-17-7-9-20(10-8-17)27-25(29)15-22(19-5-4-6-21(14-19)30-3)23-16-26-24-13-18(2)11-12-28(23)24/h4-14,16,22H,15H2,1-3H3,(H,27,29). The lowest BCUT2D eigenvalue weighted by Crippen LogP contribution is -2.17. The van der Waals surface area contributed by atoms with Gasteiger partial charge in [-0.3, -0.25) is 4.79 Å². The van der Waals surface area contributed by atoms with E-state index in [4.69, 9.17) is 4.74 Å². The molecule has 4 rings (SSSR count). The second-order valence-corrected chi connectivity index (χ2v) is 7.56. The van der Waals surface area contributed by atoms with Gasteiger partial charge in [0.15, 0.2) is 0 Å². The van der Waals surface area contributed by atoms with Crippen molar-refractivity contribution in [1.29, 1.82) is 0 Å². The summed E-state index contributed by atoms with van der Waals surface area (Å²) in [6.45, 7) is 4.07. The van der Waals surface area contributed by atoms with Crippen LogP contribution in [0.2, 0.25) is 0 Å². The van der Waals surface area contributed by atoms with Crippen molar-refractivity contribution in [3.05, 3.63) is 95.4 Å². The molecule has 0 bridgehead atoms. The van der Waals surface area contributed by atoms with Crippen LogP contribution in [0.1, 0.15) is 34.7 Å². The second-order valence-electron chi connectivity index (χ2n) is 7.56. The molecule has 5 nitrogen and oxygen atoms in total. The fraction of sp³-hybridized carbons (Fsp3) is 0.200. The summed E-state index contributed by atoms with van der Waals surface area (Å²) in [7, 11) is 1.65. The van der Waals surface area contributed by atoms with Gasteiger partial charge in [0.1, 0.15) is 11.4 Å². The Morgan fingerprint density at radius 1 is 1.07 bits per heavy atom. The zero-order valence-electron chi connectivity index (χ0n) is 17.4. The van der Waals surface area contributed by atoms with Gasteiger partial charge in [-0.1, -0.05) is 29.8 Å². The van der Waals surface area contributed by atoms with Crippen LogP contribution in [0.4, 0.5) is 5.69 Å². The minimum Gasteiger partial charge on any atom is -0.497 e. The molecule has 2 heterocycles. The van der Waals surface area contributed by atoms with Crippen LogP contribution in [0.5, 0.6) is 5.75 Å². The van der Waals surface area contributed by atoms with E-state index in [9.17, 15) is 4.79 Å². The molecule has 0 aliphatic rings. The third-order valence-corrected chi connectivity index (χ3v) is 5.28. The van der Waals surface area contributed by atoms with Gasteiger partial charge in [0.05, 0.1) is 12.8 Å². The largest absolute Gasteiger partial charge is 0.497 e. The Hall–Kier alpha value is -3.60. The average molecular weight is 399 g/mol. The van der Waals surface area contributed by atoms with E-state index in [1.807, 2.05) is 86.9 Å². The lowest BCUT2D eigenvalue weighted by Gasteiger charge is -2.18. The number of ether oxygens (including phenoxy) is 1. The molecule has 2 aromatic heterocycles. The number of anilines is 1. The number of fused-ring (bicyclic) bond motifs is 1. The van der Waals surface area contributed by atoms with Crippen molar-refractivity contribution in [3.8, 4) is 5.75 Å². The van der Waals surface area contributed by atoms with Gasteiger partial charge >= 0.3 is 0 Å². The fourth-order valence-corrected chi connectivity index (χ4v) is 3.65.